The van der Waals surface area contributed by atoms with Gasteiger partial charge in [-0.15, -0.1) is 10.2 Å². The van der Waals surface area contributed by atoms with Crippen LogP contribution in [0.5, 0.6) is 0 Å². The van der Waals surface area contributed by atoms with Crippen molar-refractivity contribution >= 4 is 44.9 Å². The molecular formula is C14H14N4OS2. The van der Waals surface area contributed by atoms with Crippen molar-refractivity contribution in [1.82, 2.24) is 15.2 Å². The van der Waals surface area contributed by atoms with Crippen LogP contribution in [-0.2, 0) is 0 Å². The lowest BCUT2D eigenvalue weighted by atomic mass is 10.1. The smallest absolute Gasteiger partial charge is 0.206 e. The van der Waals surface area contributed by atoms with E-state index in [0.717, 1.165) is 25.9 Å². The fraction of sp³-hybridized carbons (Fsp3) is 0.214. The summed E-state index contributed by atoms with van der Waals surface area (Å²) in [6.45, 7) is 1.90. The first-order valence-electron chi connectivity index (χ1n) is 6.47. The van der Waals surface area contributed by atoms with E-state index in [-0.39, 0.29) is 11.0 Å². The van der Waals surface area contributed by atoms with Gasteiger partial charge in [0, 0.05) is 29.7 Å². The number of rotatable bonds is 5. The predicted octanol–water partition coefficient (Wildman–Crippen LogP) is 3.42. The number of hydrogen-bond donors (Lipinski definition) is 2. The lowest BCUT2D eigenvalue weighted by Gasteiger charge is -2.06. The number of carbonyl (C=O) groups is 1. The molecule has 3 aromatic rings. The molecule has 0 bridgehead atoms. The molecule has 0 fully saturated rings. The molecule has 7 heteroatoms. The van der Waals surface area contributed by atoms with Gasteiger partial charge in [-0.25, -0.2) is 0 Å². The minimum absolute atomic E-state index is 0.0960. The molecular weight excluding hydrogens is 304 g/mol. The van der Waals surface area contributed by atoms with Crippen molar-refractivity contribution in [3.05, 3.63) is 36.0 Å². The summed E-state index contributed by atoms with van der Waals surface area (Å²) in [6, 6.07) is 7.81. The standard InChI is InChI=1S/C14H14N4OS2/c1-8(20-14-18-17-13(15-2)21-14)12(19)10-7-16-11-6-4-3-5-9(10)11/h3-8,16H,1-2H3,(H,15,17)/t8-/m0/s1. The van der Waals surface area contributed by atoms with E-state index in [2.05, 4.69) is 20.5 Å². The third kappa shape index (κ3) is 2.79. The van der Waals surface area contributed by atoms with E-state index in [1.54, 1.807) is 13.2 Å². The van der Waals surface area contributed by atoms with Crippen LogP contribution in [0.15, 0.2) is 34.8 Å². The van der Waals surface area contributed by atoms with Gasteiger partial charge in [0.1, 0.15) is 0 Å². The molecule has 1 aromatic carbocycles. The largest absolute Gasteiger partial charge is 0.363 e. The Balaban J connectivity index is 1.81. The monoisotopic (exact) mass is 318 g/mol. The van der Waals surface area contributed by atoms with Gasteiger partial charge in [-0.1, -0.05) is 41.3 Å². The maximum Gasteiger partial charge on any atom is 0.206 e. The maximum absolute atomic E-state index is 12.6. The number of Topliss-reactive ketones (excluding diaryl/α,β-unsaturated/α-hetero) is 1. The summed E-state index contributed by atoms with van der Waals surface area (Å²) in [7, 11) is 1.80. The van der Waals surface area contributed by atoms with Crippen molar-refractivity contribution in [2.45, 2.75) is 16.5 Å². The summed E-state index contributed by atoms with van der Waals surface area (Å²) in [5.74, 6) is 0.0960. The van der Waals surface area contributed by atoms with E-state index in [1.165, 1.54) is 23.1 Å². The van der Waals surface area contributed by atoms with Gasteiger partial charge in [0.05, 0.1) is 5.25 Å². The number of thioether (sulfide) groups is 1. The van der Waals surface area contributed by atoms with Crippen LogP contribution in [0, 0.1) is 0 Å². The highest BCUT2D eigenvalue weighted by Gasteiger charge is 2.21. The zero-order chi connectivity index (χ0) is 14.8. The molecule has 2 heterocycles. The van der Waals surface area contributed by atoms with Gasteiger partial charge >= 0.3 is 0 Å². The minimum atomic E-state index is -0.207. The molecule has 5 nitrogen and oxygen atoms in total. The minimum Gasteiger partial charge on any atom is -0.363 e. The second-order valence-corrected chi connectivity index (χ2v) is 7.06. The third-order valence-corrected chi connectivity index (χ3v) is 5.25. The number of H-pyrrole nitrogens is 1. The van der Waals surface area contributed by atoms with Crippen LogP contribution >= 0.6 is 23.1 Å². The van der Waals surface area contributed by atoms with Gasteiger partial charge in [0.15, 0.2) is 10.1 Å². The number of fused-ring (bicyclic) bond motifs is 1. The van der Waals surface area contributed by atoms with Crippen molar-refractivity contribution in [2.75, 3.05) is 12.4 Å². The first kappa shape index (κ1) is 14.1. The maximum atomic E-state index is 12.6. The molecule has 0 aliphatic heterocycles. The Morgan fingerprint density at radius 3 is 2.95 bits per heavy atom. The average Bonchev–Trinajstić information content (AvgIpc) is 3.12. The number of hydrogen-bond acceptors (Lipinski definition) is 6. The normalized spacial score (nSPS) is 12.5. The Morgan fingerprint density at radius 2 is 2.19 bits per heavy atom. The topological polar surface area (TPSA) is 70.7 Å². The van der Waals surface area contributed by atoms with Crippen LogP contribution in [0.1, 0.15) is 17.3 Å². The van der Waals surface area contributed by atoms with Crippen LogP contribution in [0.3, 0.4) is 0 Å². The van der Waals surface area contributed by atoms with Crippen LogP contribution in [-0.4, -0.2) is 33.3 Å². The van der Waals surface area contributed by atoms with E-state index < -0.39 is 0 Å². The van der Waals surface area contributed by atoms with Crippen LogP contribution in [0.2, 0.25) is 0 Å². The zero-order valence-corrected chi connectivity index (χ0v) is 13.2. The number of carbonyl (C=O) groups excluding carboxylic acids is 1. The van der Waals surface area contributed by atoms with Gasteiger partial charge in [-0.3, -0.25) is 4.79 Å². The summed E-state index contributed by atoms with van der Waals surface area (Å²) in [4.78, 5) is 15.7. The lowest BCUT2D eigenvalue weighted by Crippen LogP contribution is -2.12. The summed E-state index contributed by atoms with van der Waals surface area (Å²) in [6.07, 6.45) is 1.78. The molecule has 0 aliphatic carbocycles. The fourth-order valence-electron chi connectivity index (χ4n) is 2.06. The van der Waals surface area contributed by atoms with Gasteiger partial charge in [-0.2, -0.15) is 0 Å². The van der Waals surface area contributed by atoms with Crippen molar-refractivity contribution in [1.29, 1.82) is 0 Å². The molecule has 1 atom stereocenters. The number of para-hydroxylation sites is 1. The number of benzene rings is 1. The molecule has 2 N–H and O–H groups in total. The molecule has 3 rings (SSSR count). The summed E-state index contributed by atoms with van der Waals surface area (Å²) < 4.78 is 0.792. The summed E-state index contributed by atoms with van der Waals surface area (Å²) >= 11 is 2.89. The molecule has 0 aliphatic rings. The predicted molar refractivity (Wildman–Crippen MR) is 87.4 cm³/mol. The molecule has 0 amide bonds. The Labute approximate surface area is 130 Å². The Bertz CT molecular complexity index is 780. The van der Waals surface area contributed by atoms with Gasteiger partial charge in [0.25, 0.3) is 0 Å². The van der Waals surface area contributed by atoms with E-state index in [9.17, 15) is 4.79 Å². The highest BCUT2D eigenvalue weighted by Crippen LogP contribution is 2.31. The Hall–Kier alpha value is -1.86. The van der Waals surface area contributed by atoms with Crippen molar-refractivity contribution < 1.29 is 4.79 Å². The highest BCUT2D eigenvalue weighted by molar-refractivity contribution is 8.02. The molecule has 0 saturated carbocycles. The molecule has 2 aromatic heterocycles. The number of anilines is 1. The van der Waals surface area contributed by atoms with Crippen molar-refractivity contribution in [3.8, 4) is 0 Å². The SMILES string of the molecule is CNc1nnc(S[C@@H](C)C(=O)c2c[nH]c3ccccc23)s1. The molecule has 21 heavy (non-hydrogen) atoms. The number of nitrogens with zero attached hydrogens (tertiary/aromatic N) is 2. The molecule has 0 unspecified atom stereocenters. The van der Waals surface area contributed by atoms with Gasteiger partial charge in [-0.05, 0) is 13.0 Å². The van der Waals surface area contributed by atoms with Crippen molar-refractivity contribution in [2.24, 2.45) is 0 Å². The van der Waals surface area contributed by atoms with Gasteiger partial charge < -0.3 is 10.3 Å². The third-order valence-electron chi connectivity index (χ3n) is 3.12. The first-order valence-corrected chi connectivity index (χ1v) is 8.17. The first-order chi connectivity index (χ1) is 10.2. The summed E-state index contributed by atoms with van der Waals surface area (Å²) in [5.41, 5.74) is 1.70. The van der Waals surface area contributed by atoms with Crippen LogP contribution in [0.25, 0.3) is 10.9 Å². The number of aromatic amines is 1. The number of aromatic nitrogens is 3. The number of nitrogens with one attached hydrogen (secondary N) is 2. The molecule has 0 radical (unpaired) electrons. The fourth-order valence-corrected chi connectivity index (χ4v) is 3.97. The molecule has 0 spiro atoms. The quantitative estimate of drug-likeness (QED) is 0.557. The second-order valence-electron chi connectivity index (χ2n) is 4.50. The van der Waals surface area contributed by atoms with Crippen LogP contribution in [0.4, 0.5) is 5.13 Å². The average molecular weight is 318 g/mol. The number of ketones is 1. The summed E-state index contributed by atoms with van der Waals surface area (Å²) in [5, 5.41) is 12.5. The van der Waals surface area contributed by atoms with Crippen LogP contribution < -0.4 is 5.32 Å². The second kappa shape index (κ2) is 5.87. The Kier molecular flexibility index (Phi) is 3.94. The molecule has 108 valence electrons. The molecule has 0 saturated heterocycles. The lowest BCUT2D eigenvalue weighted by molar-refractivity contribution is 0.0995. The Morgan fingerprint density at radius 1 is 1.38 bits per heavy atom. The van der Waals surface area contributed by atoms with Crippen molar-refractivity contribution in [3.63, 3.8) is 0 Å². The van der Waals surface area contributed by atoms with E-state index >= 15 is 0 Å². The zero-order valence-electron chi connectivity index (χ0n) is 11.6. The highest BCUT2D eigenvalue weighted by atomic mass is 32.2. The van der Waals surface area contributed by atoms with E-state index in [1.807, 2.05) is 31.2 Å². The van der Waals surface area contributed by atoms with E-state index in [4.69, 9.17) is 0 Å². The van der Waals surface area contributed by atoms with Gasteiger partial charge in [0.2, 0.25) is 5.13 Å². The van der Waals surface area contributed by atoms with E-state index in [0.29, 0.717) is 0 Å².